The zero-order valence-corrected chi connectivity index (χ0v) is 64.5. The van der Waals surface area contributed by atoms with Gasteiger partial charge in [0.2, 0.25) is 0 Å². The largest absolute Gasteiger partial charge is 0.472 e. The minimum Gasteiger partial charge on any atom is -0.462 e. The average Bonchev–Trinajstić information content (AvgIpc) is 1.65. The standard InChI is InChI=1S/C77H150O17P2/c1-7-9-11-13-15-16-17-18-19-20-21-22-23-24-25-26-31-37-43-49-55-61-76(81)94-73(66-88-75(80)60-54-48-42-36-32-27-29-34-40-45-51-57-69(3)4)68-92-96(85,86)90-64-71(78)63-89-95(83,84)91-67-72(65-87-74(79)59-53-47-39-14-12-10-8-2)93-77(82)62-56-50-44-38-33-28-30-35-41-46-52-58-70(5)6/h69-73,78H,7-68H2,1-6H3,(H,83,84)(H,85,86)/t71-,72+,73+/m0/s1. The average molecular weight is 1410 g/mol. The second-order valence-corrected chi connectivity index (χ2v) is 31.6. The number of carbonyl (C=O) groups is 4. The van der Waals surface area contributed by atoms with Crippen LogP contribution in [-0.4, -0.2) is 96.7 Å². The van der Waals surface area contributed by atoms with Crippen LogP contribution in [0.25, 0.3) is 0 Å². The summed E-state index contributed by atoms with van der Waals surface area (Å²) >= 11 is 0. The van der Waals surface area contributed by atoms with Gasteiger partial charge in [0.15, 0.2) is 12.2 Å². The van der Waals surface area contributed by atoms with Gasteiger partial charge in [0.1, 0.15) is 19.3 Å². The molecule has 0 saturated heterocycles. The number of ether oxygens (including phenoxy) is 4. The maximum absolute atomic E-state index is 13.1. The van der Waals surface area contributed by atoms with Crippen molar-refractivity contribution in [1.82, 2.24) is 0 Å². The van der Waals surface area contributed by atoms with Gasteiger partial charge >= 0.3 is 39.5 Å². The Labute approximate surface area is 588 Å². The molecule has 0 aromatic carbocycles. The molecule has 0 spiro atoms. The lowest BCUT2D eigenvalue weighted by Crippen LogP contribution is -2.30. The number of aliphatic hydroxyl groups excluding tert-OH is 1. The highest BCUT2D eigenvalue weighted by Gasteiger charge is 2.30. The van der Waals surface area contributed by atoms with Crippen molar-refractivity contribution >= 4 is 39.5 Å². The van der Waals surface area contributed by atoms with Gasteiger partial charge in [0.25, 0.3) is 0 Å². The summed E-state index contributed by atoms with van der Waals surface area (Å²) in [6, 6.07) is 0. The fourth-order valence-electron chi connectivity index (χ4n) is 11.8. The van der Waals surface area contributed by atoms with E-state index >= 15 is 0 Å². The molecule has 0 aliphatic heterocycles. The third kappa shape index (κ3) is 70.5. The molecule has 3 N–H and O–H groups in total. The summed E-state index contributed by atoms with van der Waals surface area (Å²) in [5.41, 5.74) is 0. The lowest BCUT2D eigenvalue weighted by atomic mass is 10.0. The van der Waals surface area contributed by atoms with Crippen molar-refractivity contribution in [3.8, 4) is 0 Å². The van der Waals surface area contributed by atoms with Gasteiger partial charge < -0.3 is 33.8 Å². The number of aliphatic hydroxyl groups is 1. The van der Waals surface area contributed by atoms with Crippen LogP contribution in [-0.2, 0) is 65.4 Å². The van der Waals surface area contributed by atoms with Crippen LogP contribution < -0.4 is 0 Å². The number of phosphoric acid groups is 2. The molecule has 19 heteroatoms. The zero-order valence-electron chi connectivity index (χ0n) is 62.7. The molecule has 0 bridgehead atoms. The predicted molar refractivity (Wildman–Crippen MR) is 391 cm³/mol. The van der Waals surface area contributed by atoms with Crippen molar-refractivity contribution < 1.29 is 80.2 Å². The topological polar surface area (TPSA) is 237 Å². The lowest BCUT2D eigenvalue weighted by Gasteiger charge is -2.21. The minimum absolute atomic E-state index is 0.106. The highest BCUT2D eigenvalue weighted by atomic mass is 31.2. The normalized spacial score (nSPS) is 14.0. The maximum Gasteiger partial charge on any atom is 0.472 e. The van der Waals surface area contributed by atoms with Gasteiger partial charge in [0, 0.05) is 25.7 Å². The Kier molecular flexibility index (Phi) is 67.4. The number of esters is 4. The first-order chi connectivity index (χ1) is 46.4. The van der Waals surface area contributed by atoms with Gasteiger partial charge in [-0.15, -0.1) is 0 Å². The van der Waals surface area contributed by atoms with Crippen molar-refractivity contribution in [1.29, 1.82) is 0 Å². The maximum atomic E-state index is 13.1. The van der Waals surface area contributed by atoms with E-state index < -0.39 is 97.5 Å². The monoisotopic (exact) mass is 1410 g/mol. The molecule has 17 nitrogen and oxygen atoms in total. The fraction of sp³-hybridized carbons (Fsp3) is 0.948. The highest BCUT2D eigenvalue weighted by molar-refractivity contribution is 7.47. The second kappa shape index (κ2) is 68.8. The molecule has 0 aliphatic carbocycles. The first kappa shape index (κ1) is 94.1. The summed E-state index contributed by atoms with van der Waals surface area (Å²) in [6.07, 6.45) is 57.1. The van der Waals surface area contributed by atoms with E-state index in [1.165, 1.54) is 205 Å². The van der Waals surface area contributed by atoms with E-state index in [1.807, 2.05) is 0 Å². The van der Waals surface area contributed by atoms with E-state index in [9.17, 15) is 43.2 Å². The van der Waals surface area contributed by atoms with Crippen LogP contribution in [0.1, 0.15) is 401 Å². The molecule has 0 heterocycles. The van der Waals surface area contributed by atoms with Crippen LogP contribution in [0.2, 0.25) is 0 Å². The van der Waals surface area contributed by atoms with Gasteiger partial charge in [-0.2, -0.15) is 0 Å². The predicted octanol–water partition coefficient (Wildman–Crippen LogP) is 22.7. The lowest BCUT2D eigenvalue weighted by molar-refractivity contribution is -0.161. The number of carbonyl (C=O) groups excluding carboxylic acids is 4. The molecule has 0 rings (SSSR count). The minimum atomic E-state index is -4.96. The van der Waals surface area contributed by atoms with Crippen LogP contribution in [0, 0.1) is 11.8 Å². The summed E-state index contributed by atoms with van der Waals surface area (Å²) in [7, 11) is -9.91. The number of hydrogen-bond acceptors (Lipinski definition) is 15. The fourth-order valence-corrected chi connectivity index (χ4v) is 13.4. The second-order valence-electron chi connectivity index (χ2n) is 28.7. The Balaban J connectivity index is 5.17. The molecule has 0 fully saturated rings. The molecular weight excluding hydrogens is 1260 g/mol. The van der Waals surface area contributed by atoms with Crippen LogP contribution in [0.15, 0.2) is 0 Å². The SMILES string of the molecule is CCCCCCCCCCCCCCCCCCCCCCCC(=O)O[C@H](COC(=O)CCCCCCCCCCCCCC(C)C)COP(=O)(O)OC[C@@H](O)COP(=O)(O)OC[C@@H](COC(=O)CCCCCCCCC)OC(=O)CCCCCCCCCCCCCC(C)C. The Hall–Kier alpha value is -1.94. The number of rotatable bonds is 76. The molecule has 0 saturated carbocycles. The Bertz CT molecular complexity index is 1860. The van der Waals surface area contributed by atoms with Crippen molar-refractivity contribution in [2.45, 2.75) is 419 Å². The van der Waals surface area contributed by atoms with E-state index in [4.69, 9.17) is 37.0 Å². The molecule has 96 heavy (non-hydrogen) atoms. The first-order valence-electron chi connectivity index (χ1n) is 40.0. The third-order valence-electron chi connectivity index (χ3n) is 18.0. The summed E-state index contributed by atoms with van der Waals surface area (Å²) in [5.74, 6) is -0.583. The molecule has 570 valence electrons. The van der Waals surface area contributed by atoms with Gasteiger partial charge in [-0.05, 0) is 37.5 Å². The van der Waals surface area contributed by atoms with Gasteiger partial charge in [0.05, 0.1) is 26.4 Å². The van der Waals surface area contributed by atoms with Crippen molar-refractivity contribution in [2.24, 2.45) is 11.8 Å². The van der Waals surface area contributed by atoms with Gasteiger partial charge in [-0.25, -0.2) is 9.13 Å². The van der Waals surface area contributed by atoms with E-state index in [1.54, 1.807) is 0 Å². The number of phosphoric ester groups is 2. The zero-order chi connectivity index (χ0) is 70.7. The van der Waals surface area contributed by atoms with E-state index in [0.717, 1.165) is 115 Å². The summed E-state index contributed by atoms with van der Waals surface area (Å²) in [4.78, 5) is 72.7. The molecule has 0 aromatic rings. The van der Waals surface area contributed by atoms with E-state index in [2.05, 4.69) is 41.5 Å². The number of unbranched alkanes of at least 4 members (excludes halogenated alkanes) is 46. The van der Waals surface area contributed by atoms with Crippen LogP contribution in [0.4, 0.5) is 0 Å². The van der Waals surface area contributed by atoms with Crippen molar-refractivity contribution in [2.75, 3.05) is 39.6 Å². The van der Waals surface area contributed by atoms with E-state index in [0.29, 0.717) is 25.7 Å². The molecule has 0 radical (unpaired) electrons. The third-order valence-corrected chi connectivity index (χ3v) is 19.9. The highest BCUT2D eigenvalue weighted by Crippen LogP contribution is 2.45. The Morgan fingerprint density at radius 2 is 0.479 bits per heavy atom. The van der Waals surface area contributed by atoms with Crippen molar-refractivity contribution in [3.05, 3.63) is 0 Å². The molecule has 0 aliphatic rings. The molecular formula is C77H150O17P2. The summed E-state index contributed by atoms with van der Waals surface area (Å²) in [6.45, 7) is 9.56. The molecule has 5 atom stereocenters. The molecule has 0 aromatic heterocycles. The Morgan fingerprint density at radius 3 is 0.708 bits per heavy atom. The van der Waals surface area contributed by atoms with E-state index in [-0.39, 0.29) is 25.7 Å². The van der Waals surface area contributed by atoms with Crippen LogP contribution in [0.5, 0.6) is 0 Å². The van der Waals surface area contributed by atoms with Crippen LogP contribution >= 0.6 is 15.6 Å². The number of hydrogen-bond donors (Lipinski definition) is 3. The summed E-state index contributed by atoms with van der Waals surface area (Å²) < 4.78 is 68.4. The van der Waals surface area contributed by atoms with Gasteiger partial charge in [-0.3, -0.25) is 37.3 Å². The van der Waals surface area contributed by atoms with Gasteiger partial charge in [-0.1, -0.05) is 350 Å². The smallest absolute Gasteiger partial charge is 0.462 e. The Morgan fingerprint density at radius 1 is 0.281 bits per heavy atom. The van der Waals surface area contributed by atoms with Crippen LogP contribution in [0.3, 0.4) is 0 Å². The summed E-state index contributed by atoms with van der Waals surface area (Å²) in [5, 5.41) is 10.6. The quantitative estimate of drug-likeness (QED) is 0.0222. The molecule has 2 unspecified atom stereocenters. The molecule has 0 amide bonds. The first-order valence-corrected chi connectivity index (χ1v) is 43.0. The van der Waals surface area contributed by atoms with Crippen molar-refractivity contribution in [3.63, 3.8) is 0 Å².